The van der Waals surface area contributed by atoms with Crippen molar-refractivity contribution in [3.8, 4) is 33.8 Å². The highest BCUT2D eigenvalue weighted by Crippen LogP contribution is 2.51. The van der Waals surface area contributed by atoms with Crippen molar-refractivity contribution < 1.29 is 85.2 Å². The lowest BCUT2D eigenvalue weighted by Gasteiger charge is -2.21. The average molecular weight is 1710 g/mol. The van der Waals surface area contributed by atoms with Crippen LogP contribution in [0.5, 0.6) is 0 Å². The molecule has 0 aliphatic rings. The zero-order valence-electron chi connectivity index (χ0n) is 59.9. The lowest BCUT2D eigenvalue weighted by atomic mass is 10.1. The lowest BCUT2D eigenvalue weighted by molar-refractivity contribution is -0.140. The molecule has 9 heterocycles. The first kappa shape index (κ1) is 82.6. The highest BCUT2D eigenvalue weighted by molar-refractivity contribution is 7.48. The fraction of sp³-hybridized carbons (Fsp3) is 0.304. The van der Waals surface area contributed by atoms with E-state index >= 15 is 17.7 Å². The summed E-state index contributed by atoms with van der Waals surface area (Å²) in [7, 11) is 1.97. The van der Waals surface area contributed by atoms with Gasteiger partial charge in [0.25, 0.3) is 34.4 Å². The number of hydrogen-bond donors (Lipinski definition) is 0. The van der Waals surface area contributed by atoms with Crippen molar-refractivity contribution in [1.29, 1.82) is 0 Å². The lowest BCUT2D eigenvalue weighted by Crippen LogP contribution is -2.36. The van der Waals surface area contributed by atoms with Crippen LogP contribution in [0.15, 0.2) is 114 Å². The Morgan fingerprint density at radius 3 is 0.876 bits per heavy atom. The molecule has 12 aromatic rings. The summed E-state index contributed by atoms with van der Waals surface area (Å²) in [5, 5.41) is 3.40. The molecule has 44 heteroatoms. The van der Waals surface area contributed by atoms with Crippen molar-refractivity contribution in [3.63, 3.8) is 0 Å². The third-order valence-electron chi connectivity index (χ3n) is 18.2. The molecule has 0 aliphatic carbocycles. The summed E-state index contributed by atoms with van der Waals surface area (Å²) in [6.45, 7) is 1.17. The molecule has 596 valence electrons. The van der Waals surface area contributed by atoms with E-state index in [0.29, 0.717) is 85.0 Å². The molecule has 25 nitrogen and oxygen atoms in total. The van der Waals surface area contributed by atoms with Crippen LogP contribution in [-0.2, 0) is 152 Å². The van der Waals surface area contributed by atoms with Crippen molar-refractivity contribution in [3.05, 3.63) is 213 Å². The molecule has 0 bridgehead atoms. The Morgan fingerprint density at radius 1 is 0.407 bits per heavy atom. The maximum atomic E-state index is 16.3. The predicted octanol–water partition coefficient (Wildman–Crippen LogP) is 11.7. The van der Waals surface area contributed by atoms with E-state index in [4.69, 9.17) is 13.6 Å². The largest absolute Gasteiger partial charge is 0.480 e. The van der Waals surface area contributed by atoms with Gasteiger partial charge in [-0.15, -0.1) is 68.0 Å². The molecule has 0 aliphatic heterocycles. The van der Waals surface area contributed by atoms with Gasteiger partial charge in [0.05, 0.1) is 69.2 Å². The van der Waals surface area contributed by atoms with Crippen LogP contribution in [0.3, 0.4) is 0 Å². The summed E-state index contributed by atoms with van der Waals surface area (Å²) < 4.78 is 218. The SMILES string of the molecule is CCc1sc2c(c1CC(=O)N=c1scc(-c3ccc(C(F)(F)F)c(F)c3)n1COP(=O)(OCn1c(-c3ccc(C(F)(F)F)c(F)c3)csc1=NC(=O)Cc1c(CC)sc3c1c(=O)n(C)c(=O)n3C)OCn1c(-c3ccc(C(F)(F)F)c(F)c3)csc1=NC(=O)Cc1c(CC)sc3c1c(=O)n(C)c(=O)n3C)c(=O)n(C)c(=O)n2C. The number of fused-ring (bicyclic) bond motifs is 3. The van der Waals surface area contributed by atoms with Crippen LogP contribution < -0.4 is 48.2 Å². The number of thiazole rings is 3. The summed E-state index contributed by atoms with van der Waals surface area (Å²) in [5.74, 6) is -8.58. The van der Waals surface area contributed by atoms with Crippen molar-refractivity contribution in [1.82, 2.24) is 41.1 Å². The van der Waals surface area contributed by atoms with Gasteiger partial charge in [-0.2, -0.15) is 54.5 Å². The number of amides is 3. The van der Waals surface area contributed by atoms with E-state index in [1.165, 1.54) is 56.0 Å². The minimum Gasteiger partial charge on any atom is -0.292 e. The normalized spacial score (nSPS) is 13.5. The molecule has 3 amide bonds. The third kappa shape index (κ3) is 15.9. The molecule has 12 rings (SSSR count). The number of benzene rings is 3. The van der Waals surface area contributed by atoms with Gasteiger partial charge in [0.2, 0.25) is 0 Å². The maximum Gasteiger partial charge on any atom is 0.480 e. The third-order valence-corrected chi connectivity index (χ3v) is 26.4. The van der Waals surface area contributed by atoms with Gasteiger partial charge in [0.1, 0.15) is 52.1 Å². The Labute approximate surface area is 648 Å². The van der Waals surface area contributed by atoms with Crippen LogP contribution in [0.4, 0.5) is 52.7 Å². The van der Waals surface area contributed by atoms with Crippen LogP contribution >= 0.6 is 75.8 Å². The second-order valence-electron chi connectivity index (χ2n) is 25.1. The van der Waals surface area contributed by atoms with Gasteiger partial charge >= 0.3 is 43.4 Å². The zero-order chi connectivity index (χ0) is 82.3. The van der Waals surface area contributed by atoms with E-state index < -0.39 is 183 Å². The summed E-state index contributed by atoms with van der Waals surface area (Å²) in [6.07, 6.45) is -17.1. The Morgan fingerprint density at radius 2 is 0.655 bits per heavy atom. The van der Waals surface area contributed by atoms with Crippen molar-refractivity contribution in [2.24, 2.45) is 57.3 Å². The van der Waals surface area contributed by atoms with Gasteiger partial charge in [-0.3, -0.25) is 83.4 Å². The average Bonchev–Trinajstić information content (AvgIpc) is 1.62. The van der Waals surface area contributed by atoms with E-state index in [1.807, 2.05) is 0 Å². The van der Waals surface area contributed by atoms with Crippen LogP contribution in [0.2, 0.25) is 0 Å². The van der Waals surface area contributed by atoms with E-state index in [2.05, 4.69) is 15.0 Å². The first-order valence-corrected chi connectivity index (χ1v) is 39.7. The van der Waals surface area contributed by atoms with Crippen LogP contribution in [-0.4, -0.2) is 58.8 Å². The van der Waals surface area contributed by atoms with Gasteiger partial charge in [0.15, 0.2) is 14.4 Å². The highest BCUT2D eigenvalue weighted by Gasteiger charge is 2.38. The molecule has 9 aromatic heterocycles. The van der Waals surface area contributed by atoms with Gasteiger partial charge in [-0.05, 0) is 72.4 Å². The Kier molecular flexibility index (Phi) is 23.0. The molecule has 113 heavy (non-hydrogen) atoms. The van der Waals surface area contributed by atoms with E-state index in [1.54, 1.807) is 20.8 Å². The Balaban J connectivity index is 1.03. The number of nitrogens with zero attached hydrogens (tertiary/aromatic N) is 12. The van der Waals surface area contributed by atoms with E-state index in [-0.39, 0.29) is 83.7 Å². The number of alkyl halides is 9. The number of phosphoric ester groups is 1. The van der Waals surface area contributed by atoms with Crippen LogP contribution in [0, 0.1) is 17.5 Å². The molecule has 0 saturated carbocycles. The van der Waals surface area contributed by atoms with Crippen molar-refractivity contribution in [2.75, 3.05) is 0 Å². The summed E-state index contributed by atoms with van der Waals surface area (Å²) in [6, 6.07) is 4.87. The second kappa shape index (κ2) is 31.5. The smallest absolute Gasteiger partial charge is 0.292 e. The minimum absolute atomic E-state index is 0.0183. The predicted molar refractivity (Wildman–Crippen MR) is 397 cm³/mol. The fourth-order valence-corrected chi connectivity index (χ4v) is 19.7. The molecular formula is C69H57F12N12O13PS6. The first-order valence-electron chi connectivity index (χ1n) is 33.1. The highest BCUT2D eigenvalue weighted by atomic mass is 32.1. The fourth-order valence-electron chi connectivity index (χ4n) is 12.4. The quantitative estimate of drug-likeness (QED) is 0.0478. The van der Waals surface area contributed by atoms with Gasteiger partial charge < -0.3 is 0 Å². The number of carbonyl (C=O) groups is 3. The number of phosphoric acid groups is 1. The summed E-state index contributed by atoms with van der Waals surface area (Å²) in [5.41, 5.74) is -11.3. The second-order valence-corrected chi connectivity index (χ2v) is 32.5. The molecule has 0 unspecified atom stereocenters. The molecule has 0 N–H and O–H groups in total. The van der Waals surface area contributed by atoms with Gasteiger partial charge in [0, 0.05) is 89.7 Å². The molecule has 0 radical (unpaired) electrons. The number of rotatable bonds is 21. The van der Waals surface area contributed by atoms with E-state index in [9.17, 15) is 82.7 Å². The van der Waals surface area contributed by atoms with E-state index in [0.717, 1.165) is 95.8 Å². The van der Waals surface area contributed by atoms with Crippen LogP contribution in [0.1, 0.15) is 68.8 Å². The topological polar surface area (TPSA) is 280 Å². The first-order chi connectivity index (χ1) is 53.1. The Hall–Kier alpha value is -9.85. The van der Waals surface area contributed by atoms with Crippen molar-refractivity contribution >= 4 is 124 Å². The number of aromatic nitrogens is 9. The summed E-state index contributed by atoms with van der Waals surface area (Å²) in [4.78, 5) is 137. The Bertz CT molecular complexity index is 6020. The summed E-state index contributed by atoms with van der Waals surface area (Å²) >= 11 is 4.81. The maximum absolute atomic E-state index is 16.3. The monoisotopic (exact) mass is 1710 g/mol. The number of halogens is 12. The number of thiophene rings is 3. The molecule has 0 atom stereocenters. The molecule has 0 spiro atoms. The number of aryl methyl sites for hydroxylation is 6. The molecular weight excluding hydrogens is 1660 g/mol. The number of carbonyl (C=O) groups excluding carboxylic acids is 3. The van der Waals surface area contributed by atoms with Gasteiger partial charge in [-0.25, -0.2) is 32.1 Å². The van der Waals surface area contributed by atoms with Crippen molar-refractivity contribution in [2.45, 2.75) is 98.0 Å². The van der Waals surface area contributed by atoms with Crippen LogP contribution in [0.25, 0.3) is 64.4 Å². The molecule has 0 saturated heterocycles. The number of hydrogen-bond acceptors (Lipinski definition) is 19. The van der Waals surface area contributed by atoms with Gasteiger partial charge in [-0.1, -0.05) is 39.0 Å². The molecule has 0 fully saturated rings. The zero-order valence-corrected chi connectivity index (χ0v) is 65.7. The molecule has 3 aromatic carbocycles. The standard InChI is InChI=1S/C69H57F12N12O13PS6/c1-10-46-34(52-55(97)85(4)64(100)88(7)58(52)111-46)22-49(94)82-61-91(43(25-108-61)31-13-16-37(40(70)19-31)67(73,74)75)28-104-107(103,105-29-92-44(32-14-17-38(41(71)20-32)68(76,77)78)26-109-62(92)83-50(95)23-35-47(11-2)112-59-53(35)56(98)86(5)65(101)89(59)8)106-30-93-45(33-15-18-39(42(72)21-33)69(79,80)81)27-110-63(93)84-51(96)24-36-48(12-3)113-60-54(36)57(99)87(6)66(102)90(60)9/h13-21,25-27H,10-12,22-24,28-30H2,1-9H3. The minimum atomic E-state index is -5.86.